The molecule has 1 aliphatic rings. The number of carbonyl (C=O) groups is 1. The third-order valence-corrected chi connectivity index (χ3v) is 4.99. The van der Waals surface area contributed by atoms with Gasteiger partial charge in [0.15, 0.2) is 0 Å². The van der Waals surface area contributed by atoms with E-state index in [1.54, 1.807) is 36.4 Å². The van der Waals surface area contributed by atoms with Gasteiger partial charge in [-0.15, -0.1) is 0 Å². The quantitative estimate of drug-likeness (QED) is 0.474. The summed E-state index contributed by atoms with van der Waals surface area (Å²) in [6, 6.07) is 22.9. The van der Waals surface area contributed by atoms with Crippen LogP contribution in [0.4, 0.5) is 5.69 Å². The molecular formula is C23H19N3O3. The third-order valence-electron chi connectivity index (χ3n) is 4.99. The normalized spacial score (nSPS) is 15.8. The molecule has 1 heterocycles. The fourth-order valence-electron chi connectivity index (χ4n) is 3.44. The van der Waals surface area contributed by atoms with E-state index in [9.17, 15) is 14.9 Å². The molecule has 0 unspecified atom stereocenters. The van der Waals surface area contributed by atoms with Crippen LogP contribution < -0.4 is 0 Å². The minimum atomic E-state index is -0.427. The predicted octanol–water partition coefficient (Wildman–Crippen LogP) is 4.89. The Labute approximate surface area is 168 Å². The van der Waals surface area contributed by atoms with Gasteiger partial charge in [0.1, 0.15) is 0 Å². The standard InChI is InChI=1S/C23H19N3O3/c1-16-10-12-17(13-11-16)21-15-22(19-8-5-9-20(14-19)26(28)29)25(24-21)23(27)18-6-3-2-4-7-18/h2-14,22H,15H2,1H3/t22-/m0/s1. The first kappa shape index (κ1) is 18.6. The molecule has 0 saturated heterocycles. The third kappa shape index (κ3) is 3.78. The Morgan fingerprint density at radius 1 is 1.03 bits per heavy atom. The molecule has 0 bridgehead atoms. The Kier molecular flexibility index (Phi) is 4.91. The summed E-state index contributed by atoms with van der Waals surface area (Å²) in [5.41, 5.74) is 4.07. The van der Waals surface area contributed by atoms with Gasteiger partial charge in [-0.1, -0.05) is 60.2 Å². The van der Waals surface area contributed by atoms with E-state index < -0.39 is 11.0 Å². The summed E-state index contributed by atoms with van der Waals surface area (Å²) in [5, 5.41) is 17.3. The maximum Gasteiger partial charge on any atom is 0.274 e. The van der Waals surface area contributed by atoms with Gasteiger partial charge in [0.25, 0.3) is 11.6 Å². The van der Waals surface area contributed by atoms with E-state index in [4.69, 9.17) is 0 Å². The molecule has 0 fully saturated rings. The van der Waals surface area contributed by atoms with Crippen LogP contribution in [0, 0.1) is 17.0 Å². The highest BCUT2D eigenvalue weighted by molar-refractivity contribution is 6.05. The number of nitro benzene ring substituents is 1. The molecular weight excluding hydrogens is 366 g/mol. The van der Waals surface area contributed by atoms with Crippen molar-refractivity contribution in [3.63, 3.8) is 0 Å². The summed E-state index contributed by atoms with van der Waals surface area (Å²) in [4.78, 5) is 24.0. The second-order valence-corrected chi connectivity index (χ2v) is 7.00. The largest absolute Gasteiger partial charge is 0.274 e. The van der Waals surface area contributed by atoms with Crippen LogP contribution in [0.3, 0.4) is 0 Å². The van der Waals surface area contributed by atoms with E-state index in [0.29, 0.717) is 17.5 Å². The van der Waals surface area contributed by atoms with Gasteiger partial charge in [0.2, 0.25) is 0 Å². The van der Waals surface area contributed by atoms with Crippen molar-refractivity contribution in [3.05, 3.63) is 111 Å². The molecule has 0 aromatic heterocycles. The number of nitrogens with zero attached hydrogens (tertiary/aromatic N) is 3. The summed E-state index contributed by atoms with van der Waals surface area (Å²) in [5.74, 6) is -0.232. The SMILES string of the molecule is Cc1ccc(C2=NN(C(=O)c3ccccc3)[C@H](c3cccc([N+](=O)[O-])c3)C2)cc1. The van der Waals surface area contributed by atoms with E-state index in [2.05, 4.69) is 5.10 Å². The first-order chi connectivity index (χ1) is 14.0. The number of aryl methyl sites for hydroxylation is 1. The number of hydrogen-bond acceptors (Lipinski definition) is 4. The Balaban J connectivity index is 1.75. The summed E-state index contributed by atoms with van der Waals surface area (Å²) >= 11 is 0. The highest BCUT2D eigenvalue weighted by Gasteiger charge is 2.34. The van der Waals surface area contributed by atoms with Gasteiger partial charge >= 0.3 is 0 Å². The Morgan fingerprint density at radius 3 is 2.45 bits per heavy atom. The second kappa shape index (κ2) is 7.67. The average molecular weight is 385 g/mol. The highest BCUT2D eigenvalue weighted by Crippen LogP contribution is 2.35. The number of carbonyl (C=O) groups excluding carboxylic acids is 1. The van der Waals surface area contributed by atoms with Crippen LogP contribution in [0.1, 0.15) is 39.5 Å². The molecule has 29 heavy (non-hydrogen) atoms. The van der Waals surface area contributed by atoms with E-state index in [1.807, 2.05) is 37.3 Å². The van der Waals surface area contributed by atoms with Crippen molar-refractivity contribution in [2.75, 3.05) is 0 Å². The smallest absolute Gasteiger partial charge is 0.267 e. The number of hydrazone groups is 1. The zero-order valence-electron chi connectivity index (χ0n) is 15.9. The molecule has 0 spiro atoms. The lowest BCUT2D eigenvalue weighted by molar-refractivity contribution is -0.384. The first-order valence-corrected chi connectivity index (χ1v) is 9.30. The van der Waals surface area contributed by atoms with Crippen molar-refractivity contribution in [1.82, 2.24) is 5.01 Å². The fourth-order valence-corrected chi connectivity index (χ4v) is 3.44. The number of amides is 1. The second-order valence-electron chi connectivity index (χ2n) is 7.00. The molecule has 1 amide bonds. The summed E-state index contributed by atoms with van der Waals surface area (Å²) < 4.78 is 0. The van der Waals surface area contributed by atoms with Gasteiger partial charge in [-0.25, -0.2) is 5.01 Å². The molecule has 4 rings (SSSR count). The molecule has 1 aliphatic heterocycles. The number of rotatable bonds is 4. The van der Waals surface area contributed by atoms with Crippen molar-refractivity contribution >= 4 is 17.3 Å². The van der Waals surface area contributed by atoms with Crippen LogP contribution in [0.25, 0.3) is 0 Å². The Bertz CT molecular complexity index is 1090. The number of hydrogen-bond donors (Lipinski definition) is 0. The molecule has 1 atom stereocenters. The monoisotopic (exact) mass is 385 g/mol. The van der Waals surface area contributed by atoms with Crippen molar-refractivity contribution in [2.24, 2.45) is 5.10 Å². The fraction of sp³-hybridized carbons (Fsp3) is 0.130. The molecule has 3 aromatic carbocycles. The molecule has 0 saturated carbocycles. The maximum atomic E-state index is 13.2. The zero-order valence-corrected chi connectivity index (χ0v) is 15.9. The van der Waals surface area contributed by atoms with Crippen LogP contribution in [-0.4, -0.2) is 21.6 Å². The van der Waals surface area contributed by atoms with Gasteiger partial charge in [-0.2, -0.15) is 5.10 Å². The topological polar surface area (TPSA) is 75.8 Å². The molecule has 6 nitrogen and oxygen atoms in total. The molecule has 0 aliphatic carbocycles. The summed E-state index contributed by atoms with van der Waals surface area (Å²) in [7, 11) is 0. The average Bonchev–Trinajstić information content (AvgIpc) is 3.20. The summed E-state index contributed by atoms with van der Waals surface area (Å²) in [6.45, 7) is 2.01. The Morgan fingerprint density at radius 2 is 1.76 bits per heavy atom. The van der Waals surface area contributed by atoms with Crippen molar-refractivity contribution in [3.8, 4) is 0 Å². The van der Waals surface area contributed by atoms with Gasteiger partial charge in [0, 0.05) is 24.1 Å². The molecule has 6 heteroatoms. The predicted molar refractivity (Wildman–Crippen MR) is 111 cm³/mol. The summed E-state index contributed by atoms with van der Waals surface area (Å²) in [6.07, 6.45) is 0.489. The number of nitro groups is 1. The minimum Gasteiger partial charge on any atom is -0.267 e. The van der Waals surface area contributed by atoms with E-state index in [0.717, 1.165) is 16.8 Å². The van der Waals surface area contributed by atoms with E-state index in [1.165, 1.54) is 17.1 Å². The lowest BCUT2D eigenvalue weighted by Crippen LogP contribution is -2.27. The molecule has 3 aromatic rings. The molecule has 0 N–H and O–H groups in total. The lowest BCUT2D eigenvalue weighted by Gasteiger charge is -2.22. The number of non-ortho nitro benzene ring substituents is 1. The molecule has 144 valence electrons. The first-order valence-electron chi connectivity index (χ1n) is 9.30. The van der Waals surface area contributed by atoms with Crippen LogP contribution in [0.5, 0.6) is 0 Å². The van der Waals surface area contributed by atoms with E-state index >= 15 is 0 Å². The van der Waals surface area contributed by atoms with Crippen LogP contribution in [-0.2, 0) is 0 Å². The van der Waals surface area contributed by atoms with Crippen LogP contribution >= 0.6 is 0 Å². The minimum absolute atomic E-state index is 0.00149. The van der Waals surface area contributed by atoms with Crippen molar-refractivity contribution < 1.29 is 9.72 Å². The maximum absolute atomic E-state index is 13.2. The van der Waals surface area contributed by atoms with Gasteiger partial charge < -0.3 is 0 Å². The van der Waals surface area contributed by atoms with Crippen molar-refractivity contribution in [2.45, 2.75) is 19.4 Å². The lowest BCUT2D eigenvalue weighted by atomic mass is 9.97. The highest BCUT2D eigenvalue weighted by atomic mass is 16.6. The van der Waals surface area contributed by atoms with E-state index in [-0.39, 0.29) is 11.6 Å². The van der Waals surface area contributed by atoms with Gasteiger partial charge in [-0.3, -0.25) is 14.9 Å². The van der Waals surface area contributed by atoms with Crippen molar-refractivity contribution in [1.29, 1.82) is 0 Å². The van der Waals surface area contributed by atoms with Gasteiger partial charge in [0.05, 0.1) is 16.7 Å². The Hall–Kier alpha value is -3.80. The number of benzene rings is 3. The van der Waals surface area contributed by atoms with Crippen LogP contribution in [0.2, 0.25) is 0 Å². The molecule has 0 radical (unpaired) electrons. The van der Waals surface area contributed by atoms with Gasteiger partial charge in [-0.05, 0) is 30.2 Å². The van der Waals surface area contributed by atoms with Crippen LogP contribution in [0.15, 0.2) is 84.0 Å². The zero-order chi connectivity index (χ0) is 20.4.